The highest BCUT2D eigenvalue weighted by Crippen LogP contribution is 2.49. The molecule has 0 unspecified atom stereocenters. The fourth-order valence-electron chi connectivity index (χ4n) is 8.93. The molecule has 0 atom stereocenters. The molecule has 4 aromatic rings. The number of hydrogen-bond acceptors (Lipinski definition) is 12. The van der Waals surface area contributed by atoms with Crippen molar-refractivity contribution in [1.82, 2.24) is 0 Å². The molecule has 4 aromatic carbocycles. The average Bonchev–Trinajstić information content (AvgIpc) is 4.13. The van der Waals surface area contributed by atoms with Gasteiger partial charge in [0.25, 0.3) is 0 Å². The highest BCUT2D eigenvalue weighted by Gasteiger charge is 2.42. The molecule has 0 N–H and O–H groups in total. The van der Waals surface area contributed by atoms with Gasteiger partial charge < -0.3 is 28.4 Å². The lowest BCUT2D eigenvalue weighted by molar-refractivity contribution is 0.278. The molecule has 10 rings (SSSR count). The van der Waals surface area contributed by atoms with Gasteiger partial charge >= 0.3 is 0 Å². The molecule has 342 valence electrons. The normalized spacial score (nSPS) is 22.4. The van der Waals surface area contributed by atoms with E-state index < -0.39 is 16.6 Å². The molecule has 6 aliphatic heterocycles. The summed E-state index contributed by atoms with van der Waals surface area (Å²) in [4.78, 5) is 30.7. The lowest BCUT2D eigenvalue weighted by Gasteiger charge is -2.27. The quantitative estimate of drug-likeness (QED) is 0.165. The molecular weight excluding hydrogens is 829 g/mol. The Labute approximate surface area is 388 Å². The summed E-state index contributed by atoms with van der Waals surface area (Å²) in [5, 5.41) is 0. The van der Waals surface area contributed by atoms with Crippen molar-refractivity contribution >= 4 is 35.4 Å². The Morgan fingerprint density at radius 1 is 0.242 bits per heavy atom. The standard InChI is InChI=1S/C54H60N6O6/c1-49(2)25-61-43(55-49)34-19-13-31(14-20-34)37-40(46-58-52(7,8)28-64-46)38(32-15-21-35(22-16-32)44-56-50(3,4)26-62-44)42(48-60-54(11,12)30-66-48)39(41(37)47-59-53(9,10)29-65-47)33-17-23-36(24-18-33)45-57-51(5,6)27-63-45/h13-24H,25-30H2,1-12H3. The highest BCUT2D eigenvalue weighted by atomic mass is 16.5. The first-order valence-electron chi connectivity index (χ1n) is 23.0. The van der Waals surface area contributed by atoms with Crippen LogP contribution in [0.3, 0.4) is 0 Å². The van der Waals surface area contributed by atoms with Crippen molar-refractivity contribution in [3.8, 4) is 33.4 Å². The van der Waals surface area contributed by atoms with Crippen molar-refractivity contribution in [3.63, 3.8) is 0 Å². The number of rotatable bonds is 9. The topological polar surface area (TPSA) is 130 Å². The van der Waals surface area contributed by atoms with Gasteiger partial charge in [0.05, 0.1) is 49.9 Å². The van der Waals surface area contributed by atoms with E-state index in [2.05, 4.69) is 156 Å². The molecule has 6 aliphatic rings. The van der Waals surface area contributed by atoms with Crippen LogP contribution in [-0.4, -0.2) is 108 Å². The van der Waals surface area contributed by atoms with E-state index in [1.54, 1.807) is 0 Å². The second kappa shape index (κ2) is 15.1. The van der Waals surface area contributed by atoms with E-state index in [-0.39, 0.29) is 16.6 Å². The number of benzene rings is 4. The zero-order valence-corrected chi connectivity index (χ0v) is 40.3. The predicted molar refractivity (Wildman–Crippen MR) is 262 cm³/mol. The van der Waals surface area contributed by atoms with Crippen molar-refractivity contribution in [3.05, 3.63) is 106 Å². The van der Waals surface area contributed by atoms with Crippen LogP contribution in [0.25, 0.3) is 33.4 Å². The molecule has 0 fully saturated rings. The first kappa shape index (κ1) is 43.6. The van der Waals surface area contributed by atoms with Crippen LogP contribution in [0.4, 0.5) is 0 Å². The number of aliphatic imine (C=N–C) groups is 6. The van der Waals surface area contributed by atoms with E-state index >= 15 is 0 Å². The van der Waals surface area contributed by atoms with Gasteiger partial charge in [-0.05, 0) is 136 Å². The number of hydrogen-bond donors (Lipinski definition) is 0. The van der Waals surface area contributed by atoms with Gasteiger partial charge in [0.2, 0.25) is 35.4 Å². The molecular formula is C54H60N6O6. The van der Waals surface area contributed by atoms with Gasteiger partial charge in [-0.2, -0.15) is 0 Å². The van der Waals surface area contributed by atoms with E-state index in [0.717, 1.165) is 66.8 Å². The zero-order chi connectivity index (χ0) is 46.6. The lowest BCUT2D eigenvalue weighted by Crippen LogP contribution is -2.19. The third-order valence-electron chi connectivity index (χ3n) is 12.2. The molecule has 12 nitrogen and oxygen atoms in total. The molecule has 0 aromatic heterocycles. The first-order chi connectivity index (χ1) is 31.0. The van der Waals surface area contributed by atoms with Crippen LogP contribution in [-0.2, 0) is 28.4 Å². The summed E-state index contributed by atoms with van der Waals surface area (Å²) in [6, 6.07) is 25.2. The predicted octanol–water partition coefficient (Wildman–Crippen LogP) is 10.0. The van der Waals surface area contributed by atoms with Crippen LogP contribution in [0.1, 0.15) is 116 Å². The molecule has 0 radical (unpaired) electrons. The molecule has 0 amide bonds. The Hall–Kier alpha value is -6.30. The second-order valence-electron chi connectivity index (χ2n) is 22.1. The Bertz CT molecular complexity index is 2510. The molecule has 12 heteroatoms. The van der Waals surface area contributed by atoms with Crippen LogP contribution < -0.4 is 0 Å². The second-order valence-corrected chi connectivity index (χ2v) is 22.1. The van der Waals surface area contributed by atoms with Gasteiger partial charge in [-0.15, -0.1) is 0 Å². The number of ether oxygens (including phenoxy) is 6. The summed E-state index contributed by atoms with van der Waals surface area (Å²) >= 11 is 0. The Morgan fingerprint density at radius 2 is 0.409 bits per heavy atom. The van der Waals surface area contributed by atoms with E-state index in [9.17, 15) is 0 Å². The van der Waals surface area contributed by atoms with Crippen LogP contribution in [0.2, 0.25) is 0 Å². The van der Waals surface area contributed by atoms with Crippen molar-refractivity contribution in [2.75, 3.05) is 39.6 Å². The summed E-state index contributed by atoms with van der Waals surface area (Å²) in [5.74, 6) is 3.39. The molecule has 0 saturated carbocycles. The van der Waals surface area contributed by atoms with Gasteiger partial charge in [-0.25, -0.2) is 30.0 Å². The van der Waals surface area contributed by atoms with Crippen LogP contribution in [0.15, 0.2) is 103 Å². The minimum Gasteiger partial charge on any atom is -0.475 e. The minimum atomic E-state index is -0.506. The van der Waals surface area contributed by atoms with E-state index in [1.165, 1.54) is 0 Å². The third-order valence-corrected chi connectivity index (χ3v) is 12.2. The van der Waals surface area contributed by atoms with Gasteiger partial charge in [-0.1, -0.05) is 36.4 Å². The van der Waals surface area contributed by atoms with Crippen molar-refractivity contribution in [2.45, 2.75) is 116 Å². The lowest BCUT2D eigenvalue weighted by atomic mass is 9.78. The Kier molecular flexibility index (Phi) is 9.98. The van der Waals surface area contributed by atoms with Gasteiger partial charge in [-0.3, -0.25) is 0 Å². The summed E-state index contributed by atoms with van der Waals surface area (Å²) in [5.41, 5.74) is 7.78. The SMILES string of the molecule is CC1(C)COC(c2ccc(-c3c(C4=NC(C)(C)CO4)c(-c4ccc(C5=NC(C)(C)CO5)cc4)c(C4=NC(C)(C)CO4)c(-c4ccc(C5=NC(C)(C)CO5)cc4)c3C3=NC(C)(C)CO3)cc2)=N1. The fourth-order valence-corrected chi connectivity index (χ4v) is 8.93. The Balaban J connectivity index is 1.34. The maximum absolute atomic E-state index is 6.77. The van der Waals surface area contributed by atoms with E-state index in [0.29, 0.717) is 75.0 Å². The van der Waals surface area contributed by atoms with Gasteiger partial charge in [0.1, 0.15) is 39.6 Å². The van der Waals surface area contributed by atoms with Crippen LogP contribution >= 0.6 is 0 Å². The average molecular weight is 889 g/mol. The molecule has 0 saturated heterocycles. The van der Waals surface area contributed by atoms with E-state index in [4.69, 9.17) is 58.4 Å². The minimum absolute atomic E-state index is 0.312. The van der Waals surface area contributed by atoms with Crippen molar-refractivity contribution in [2.24, 2.45) is 30.0 Å². The molecule has 0 bridgehead atoms. The largest absolute Gasteiger partial charge is 0.475 e. The summed E-state index contributed by atoms with van der Waals surface area (Å²) < 4.78 is 38.7. The molecule has 0 spiro atoms. The zero-order valence-electron chi connectivity index (χ0n) is 40.3. The summed E-state index contributed by atoms with van der Waals surface area (Å²) in [6.07, 6.45) is 0. The highest BCUT2D eigenvalue weighted by molar-refractivity contribution is 6.23. The Morgan fingerprint density at radius 3 is 0.576 bits per heavy atom. The summed E-state index contributed by atoms with van der Waals surface area (Å²) in [7, 11) is 0. The number of nitrogens with zero attached hydrogens (tertiary/aromatic N) is 6. The molecule has 6 heterocycles. The van der Waals surface area contributed by atoms with Crippen molar-refractivity contribution < 1.29 is 28.4 Å². The van der Waals surface area contributed by atoms with Gasteiger partial charge in [0, 0.05) is 33.4 Å². The molecule has 66 heavy (non-hydrogen) atoms. The maximum Gasteiger partial charge on any atom is 0.218 e. The van der Waals surface area contributed by atoms with Gasteiger partial charge in [0.15, 0.2) is 0 Å². The third kappa shape index (κ3) is 8.28. The monoisotopic (exact) mass is 888 g/mol. The van der Waals surface area contributed by atoms with Crippen molar-refractivity contribution in [1.29, 1.82) is 0 Å². The smallest absolute Gasteiger partial charge is 0.218 e. The fraction of sp³-hybridized carbons (Fsp3) is 0.444. The first-order valence-corrected chi connectivity index (χ1v) is 23.0. The maximum atomic E-state index is 6.77. The summed E-state index contributed by atoms with van der Waals surface area (Å²) in [6.45, 7) is 27.7. The van der Waals surface area contributed by atoms with Crippen LogP contribution in [0, 0.1) is 0 Å². The molecule has 0 aliphatic carbocycles. The van der Waals surface area contributed by atoms with E-state index in [1.807, 2.05) is 0 Å². The van der Waals surface area contributed by atoms with Crippen LogP contribution in [0.5, 0.6) is 0 Å².